The van der Waals surface area contributed by atoms with Gasteiger partial charge in [-0.15, -0.1) is 0 Å². The fourth-order valence-corrected chi connectivity index (χ4v) is 4.41. The average molecular weight is 354 g/mol. The van der Waals surface area contributed by atoms with Crippen LogP contribution in [0.4, 0.5) is 0 Å². The monoisotopic (exact) mass is 354 g/mol. The third-order valence-electron chi connectivity index (χ3n) is 5.89. The third kappa shape index (κ3) is 4.12. The van der Waals surface area contributed by atoms with Crippen LogP contribution in [0.3, 0.4) is 0 Å². The van der Waals surface area contributed by atoms with E-state index in [2.05, 4.69) is 22.3 Å². The van der Waals surface area contributed by atoms with E-state index in [0.717, 1.165) is 48.9 Å². The van der Waals surface area contributed by atoms with Crippen LogP contribution < -0.4 is 5.32 Å². The number of likely N-dealkylation sites (tertiary alicyclic amines) is 1. The molecule has 1 aromatic heterocycles. The van der Waals surface area contributed by atoms with Crippen molar-refractivity contribution in [3.05, 3.63) is 35.1 Å². The predicted octanol–water partition coefficient (Wildman–Crippen LogP) is 3.85. The van der Waals surface area contributed by atoms with E-state index >= 15 is 0 Å². The largest absolute Gasteiger partial charge is 0.464 e. The Kier molecular flexibility index (Phi) is 5.59. The minimum absolute atomic E-state index is 0.101. The van der Waals surface area contributed by atoms with Crippen molar-refractivity contribution in [2.75, 3.05) is 26.2 Å². The SMILES string of the molecule is O=C(Cc1coc2cc3c(cc12)CCC3)NCCCN1CCCCCC1. The number of furan rings is 1. The highest BCUT2D eigenvalue weighted by Crippen LogP contribution is 2.30. The van der Waals surface area contributed by atoms with Gasteiger partial charge in [-0.2, -0.15) is 0 Å². The van der Waals surface area contributed by atoms with E-state index in [9.17, 15) is 4.79 Å². The third-order valence-corrected chi connectivity index (χ3v) is 5.89. The molecule has 0 bridgehead atoms. The van der Waals surface area contributed by atoms with Gasteiger partial charge in [0.2, 0.25) is 5.91 Å². The summed E-state index contributed by atoms with van der Waals surface area (Å²) in [6.07, 6.45) is 12.1. The summed E-state index contributed by atoms with van der Waals surface area (Å²) in [6.45, 7) is 4.31. The summed E-state index contributed by atoms with van der Waals surface area (Å²) in [4.78, 5) is 14.9. The normalized spacial score (nSPS) is 18.0. The van der Waals surface area contributed by atoms with Crippen molar-refractivity contribution in [3.63, 3.8) is 0 Å². The zero-order valence-corrected chi connectivity index (χ0v) is 15.7. The quantitative estimate of drug-likeness (QED) is 0.802. The first kappa shape index (κ1) is 17.6. The van der Waals surface area contributed by atoms with Crippen LogP contribution in [0.5, 0.6) is 0 Å². The summed E-state index contributed by atoms with van der Waals surface area (Å²) in [5.74, 6) is 0.101. The van der Waals surface area contributed by atoms with Gasteiger partial charge in [-0.3, -0.25) is 4.79 Å². The van der Waals surface area contributed by atoms with Gasteiger partial charge in [0.1, 0.15) is 5.58 Å². The van der Waals surface area contributed by atoms with Gasteiger partial charge in [0.25, 0.3) is 0 Å². The number of carbonyl (C=O) groups excluding carboxylic acids is 1. The lowest BCUT2D eigenvalue weighted by atomic mass is 10.0. The second kappa shape index (κ2) is 8.26. The van der Waals surface area contributed by atoms with Crippen LogP contribution in [0.25, 0.3) is 11.0 Å². The zero-order valence-electron chi connectivity index (χ0n) is 15.7. The Hall–Kier alpha value is -1.81. The molecule has 4 rings (SSSR count). The van der Waals surface area contributed by atoms with Crippen molar-refractivity contribution in [1.29, 1.82) is 0 Å². The standard InChI is InChI=1S/C22H30N2O2/c25-22(23-9-6-12-24-10-3-1-2-4-11-24)15-19-16-26-21-14-18-8-5-7-17(18)13-20(19)21/h13-14,16H,1-12,15H2,(H,23,25). The average Bonchev–Trinajstić information content (AvgIpc) is 3.16. The van der Waals surface area contributed by atoms with Crippen LogP contribution in [0, 0.1) is 0 Å². The van der Waals surface area contributed by atoms with Crippen LogP contribution in [0.1, 0.15) is 55.2 Å². The van der Waals surface area contributed by atoms with Crippen molar-refractivity contribution in [2.45, 2.75) is 57.8 Å². The Labute approximate surface area is 155 Å². The number of hydrogen-bond acceptors (Lipinski definition) is 3. The molecule has 1 fully saturated rings. The maximum Gasteiger partial charge on any atom is 0.224 e. The molecule has 2 aliphatic rings. The molecular weight excluding hydrogens is 324 g/mol. The number of hydrogen-bond donors (Lipinski definition) is 1. The molecule has 1 N–H and O–H groups in total. The lowest BCUT2D eigenvalue weighted by Crippen LogP contribution is -2.31. The molecule has 1 aliphatic heterocycles. The molecule has 4 nitrogen and oxygen atoms in total. The summed E-state index contributed by atoms with van der Waals surface area (Å²) < 4.78 is 5.71. The van der Waals surface area contributed by atoms with E-state index < -0.39 is 0 Å². The van der Waals surface area contributed by atoms with Crippen LogP contribution in [-0.4, -0.2) is 37.0 Å². The second-order valence-corrected chi connectivity index (χ2v) is 7.87. The minimum atomic E-state index is 0.101. The molecule has 0 saturated carbocycles. The fraction of sp³-hybridized carbons (Fsp3) is 0.591. The number of rotatable bonds is 6. The first-order chi connectivity index (χ1) is 12.8. The van der Waals surface area contributed by atoms with Crippen LogP contribution >= 0.6 is 0 Å². The molecule has 1 amide bonds. The molecule has 140 valence electrons. The molecule has 0 spiro atoms. The summed E-state index contributed by atoms with van der Waals surface area (Å²) >= 11 is 0. The molecule has 26 heavy (non-hydrogen) atoms. The number of nitrogens with one attached hydrogen (secondary N) is 1. The van der Waals surface area contributed by atoms with Crippen molar-refractivity contribution >= 4 is 16.9 Å². The molecule has 1 aliphatic carbocycles. The van der Waals surface area contributed by atoms with Crippen LogP contribution in [0.2, 0.25) is 0 Å². The van der Waals surface area contributed by atoms with Gasteiger partial charge >= 0.3 is 0 Å². The number of nitrogens with zero attached hydrogens (tertiary/aromatic N) is 1. The summed E-state index contributed by atoms with van der Waals surface area (Å²) in [7, 11) is 0. The molecule has 4 heteroatoms. The summed E-state index contributed by atoms with van der Waals surface area (Å²) in [5, 5.41) is 4.20. The summed E-state index contributed by atoms with van der Waals surface area (Å²) in [6, 6.07) is 4.41. The van der Waals surface area contributed by atoms with Gasteiger partial charge in [-0.1, -0.05) is 12.8 Å². The molecular formula is C22H30N2O2. The molecule has 0 atom stereocenters. The number of amides is 1. The van der Waals surface area contributed by atoms with E-state index in [0.29, 0.717) is 6.42 Å². The molecule has 0 unspecified atom stereocenters. The topological polar surface area (TPSA) is 45.5 Å². The predicted molar refractivity (Wildman–Crippen MR) is 104 cm³/mol. The van der Waals surface area contributed by atoms with Crippen molar-refractivity contribution in [2.24, 2.45) is 0 Å². The smallest absolute Gasteiger partial charge is 0.224 e. The van der Waals surface area contributed by atoms with Crippen molar-refractivity contribution in [1.82, 2.24) is 10.2 Å². The van der Waals surface area contributed by atoms with Crippen LogP contribution in [-0.2, 0) is 24.1 Å². The number of aryl methyl sites for hydroxylation is 2. The van der Waals surface area contributed by atoms with E-state index in [1.807, 2.05) is 0 Å². The van der Waals surface area contributed by atoms with Gasteiger partial charge < -0.3 is 14.6 Å². The lowest BCUT2D eigenvalue weighted by molar-refractivity contribution is -0.120. The van der Waals surface area contributed by atoms with Crippen molar-refractivity contribution in [3.8, 4) is 0 Å². The van der Waals surface area contributed by atoms with Crippen molar-refractivity contribution < 1.29 is 9.21 Å². The number of benzene rings is 1. The molecule has 1 saturated heterocycles. The number of fused-ring (bicyclic) bond motifs is 2. The molecule has 1 aromatic carbocycles. The van der Waals surface area contributed by atoms with Crippen LogP contribution in [0.15, 0.2) is 22.8 Å². The van der Waals surface area contributed by atoms with E-state index in [4.69, 9.17) is 4.42 Å². The Morgan fingerprint density at radius 2 is 1.81 bits per heavy atom. The Morgan fingerprint density at radius 3 is 2.62 bits per heavy atom. The van der Waals surface area contributed by atoms with Gasteiger partial charge in [0.15, 0.2) is 0 Å². The highest BCUT2D eigenvalue weighted by atomic mass is 16.3. The van der Waals surface area contributed by atoms with E-state index in [1.54, 1.807) is 6.26 Å². The Morgan fingerprint density at radius 1 is 1.04 bits per heavy atom. The highest BCUT2D eigenvalue weighted by molar-refractivity contribution is 5.88. The fourth-order valence-electron chi connectivity index (χ4n) is 4.41. The molecule has 2 heterocycles. The minimum Gasteiger partial charge on any atom is -0.464 e. The zero-order chi connectivity index (χ0) is 17.8. The molecule has 0 radical (unpaired) electrons. The molecule has 2 aromatic rings. The maximum atomic E-state index is 12.3. The Balaban J connectivity index is 1.26. The van der Waals surface area contributed by atoms with E-state index in [1.165, 1.54) is 56.3 Å². The lowest BCUT2D eigenvalue weighted by Gasteiger charge is -2.19. The number of carbonyl (C=O) groups is 1. The van der Waals surface area contributed by atoms with Gasteiger partial charge in [-0.05, 0) is 81.4 Å². The summed E-state index contributed by atoms with van der Waals surface area (Å²) in [5.41, 5.74) is 4.78. The second-order valence-electron chi connectivity index (χ2n) is 7.87. The maximum absolute atomic E-state index is 12.3. The first-order valence-corrected chi connectivity index (χ1v) is 10.3. The van der Waals surface area contributed by atoms with Gasteiger partial charge in [0, 0.05) is 17.5 Å². The Bertz CT molecular complexity index is 757. The van der Waals surface area contributed by atoms with Gasteiger partial charge in [0.05, 0.1) is 12.7 Å². The first-order valence-electron chi connectivity index (χ1n) is 10.3. The van der Waals surface area contributed by atoms with Gasteiger partial charge in [-0.25, -0.2) is 0 Å². The van der Waals surface area contributed by atoms with E-state index in [-0.39, 0.29) is 5.91 Å². The highest BCUT2D eigenvalue weighted by Gasteiger charge is 2.16.